The second kappa shape index (κ2) is 4.97. The molecule has 0 spiro atoms. The van der Waals surface area contributed by atoms with Gasteiger partial charge in [-0.05, 0) is 38.5 Å². The van der Waals surface area contributed by atoms with Gasteiger partial charge in [-0.2, -0.15) is 0 Å². The van der Waals surface area contributed by atoms with Crippen LogP contribution in [-0.2, 0) is 5.54 Å². The molecule has 0 aliphatic carbocycles. The molecule has 2 nitrogen and oxygen atoms in total. The molecule has 1 atom stereocenters. The van der Waals surface area contributed by atoms with Crippen LogP contribution in [0.3, 0.4) is 0 Å². The van der Waals surface area contributed by atoms with E-state index in [1.54, 1.807) is 0 Å². The van der Waals surface area contributed by atoms with Crippen molar-refractivity contribution in [2.75, 3.05) is 6.61 Å². The van der Waals surface area contributed by atoms with E-state index in [1.165, 1.54) is 0 Å². The molecule has 2 N–H and O–H groups in total. The number of aliphatic hydroxyl groups excluding tert-OH is 1. The third kappa shape index (κ3) is 3.20. The molecular formula is C12H18ClNO. The molecule has 1 aromatic carbocycles. The van der Waals surface area contributed by atoms with Crippen molar-refractivity contribution in [1.29, 1.82) is 0 Å². The zero-order valence-corrected chi connectivity index (χ0v) is 10.2. The molecule has 15 heavy (non-hydrogen) atoms. The van der Waals surface area contributed by atoms with E-state index in [4.69, 9.17) is 11.6 Å². The Labute approximate surface area is 96.3 Å². The lowest BCUT2D eigenvalue weighted by molar-refractivity contribution is 0.166. The molecular weight excluding hydrogens is 210 g/mol. The molecule has 0 aliphatic heterocycles. The van der Waals surface area contributed by atoms with Crippen molar-refractivity contribution >= 4 is 11.6 Å². The molecule has 1 unspecified atom stereocenters. The third-order valence-corrected chi connectivity index (χ3v) is 2.62. The van der Waals surface area contributed by atoms with Crippen LogP contribution in [0.25, 0.3) is 0 Å². The van der Waals surface area contributed by atoms with Crippen LogP contribution < -0.4 is 5.32 Å². The fourth-order valence-electron chi connectivity index (χ4n) is 1.69. The highest BCUT2D eigenvalue weighted by molar-refractivity contribution is 6.30. The second-order valence-electron chi connectivity index (χ2n) is 4.30. The van der Waals surface area contributed by atoms with Gasteiger partial charge in [0.25, 0.3) is 0 Å². The Kier molecular flexibility index (Phi) is 4.14. The van der Waals surface area contributed by atoms with Gasteiger partial charge in [0.2, 0.25) is 0 Å². The summed E-state index contributed by atoms with van der Waals surface area (Å²) in [6.07, 6.45) is 0. The molecule has 0 aliphatic rings. The molecule has 0 heterocycles. The normalized spacial score (nSPS) is 15.3. The zero-order chi connectivity index (χ0) is 11.5. The Bertz CT molecular complexity index is 327. The van der Waals surface area contributed by atoms with E-state index in [0.29, 0.717) is 11.1 Å². The van der Waals surface area contributed by atoms with Gasteiger partial charge in [-0.15, -0.1) is 0 Å². The number of benzene rings is 1. The van der Waals surface area contributed by atoms with Crippen molar-refractivity contribution in [1.82, 2.24) is 5.32 Å². The maximum absolute atomic E-state index is 9.47. The molecule has 0 saturated heterocycles. The summed E-state index contributed by atoms with van der Waals surface area (Å²) >= 11 is 5.94. The lowest BCUT2D eigenvalue weighted by Crippen LogP contribution is -2.46. The lowest BCUT2D eigenvalue weighted by atomic mass is 9.92. The molecule has 0 fully saturated rings. The molecule has 0 amide bonds. The van der Waals surface area contributed by atoms with Crippen LogP contribution in [0, 0.1) is 0 Å². The smallest absolute Gasteiger partial charge is 0.0652 e. The fraction of sp³-hybridized carbons (Fsp3) is 0.500. The number of hydrogen-bond acceptors (Lipinski definition) is 2. The predicted molar refractivity (Wildman–Crippen MR) is 64.2 cm³/mol. The van der Waals surface area contributed by atoms with Gasteiger partial charge in [0, 0.05) is 11.1 Å². The van der Waals surface area contributed by atoms with E-state index in [9.17, 15) is 5.11 Å². The monoisotopic (exact) mass is 227 g/mol. The van der Waals surface area contributed by atoms with E-state index in [2.05, 4.69) is 19.2 Å². The van der Waals surface area contributed by atoms with Crippen LogP contribution in [0.4, 0.5) is 0 Å². The van der Waals surface area contributed by atoms with Crippen LogP contribution in [0.5, 0.6) is 0 Å². The van der Waals surface area contributed by atoms with Gasteiger partial charge in [0.05, 0.1) is 12.1 Å². The summed E-state index contributed by atoms with van der Waals surface area (Å²) in [4.78, 5) is 0. The van der Waals surface area contributed by atoms with Gasteiger partial charge in [-0.1, -0.05) is 23.7 Å². The minimum absolute atomic E-state index is 0.0471. The second-order valence-corrected chi connectivity index (χ2v) is 4.74. The van der Waals surface area contributed by atoms with Crippen LogP contribution >= 0.6 is 11.6 Å². The SMILES string of the molecule is CC(C)NC(C)(CO)c1cccc(Cl)c1. The topological polar surface area (TPSA) is 32.3 Å². The van der Waals surface area contributed by atoms with Gasteiger partial charge in [0.1, 0.15) is 0 Å². The zero-order valence-electron chi connectivity index (χ0n) is 9.42. The standard InChI is InChI=1S/C12H18ClNO/c1-9(2)14-12(3,8-15)10-5-4-6-11(13)7-10/h4-7,9,14-15H,8H2,1-3H3. The predicted octanol–water partition coefficient (Wildman–Crippen LogP) is 2.55. The van der Waals surface area contributed by atoms with Crippen molar-refractivity contribution in [3.63, 3.8) is 0 Å². The van der Waals surface area contributed by atoms with E-state index in [1.807, 2.05) is 31.2 Å². The molecule has 84 valence electrons. The molecule has 0 radical (unpaired) electrons. The third-order valence-electron chi connectivity index (χ3n) is 2.39. The average Bonchev–Trinajstić information content (AvgIpc) is 2.16. The van der Waals surface area contributed by atoms with E-state index in [0.717, 1.165) is 5.56 Å². The number of halogens is 1. The van der Waals surface area contributed by atoms with Gasteiger partial charge < -0.3 is 10.4 Å². The summed E-state index contributed by atoms with van der Waals surface area (Å²) in [5, 5.41) is 13.5. The van der Waals surface area contributed by atoms with Gasteiger partial charge in [-0.25, -0.2) is 0 Å². The molecule has 0 bridgehead atoms. The van der Waals surface area contributed by atoms with Crippen LogP contribution in [0.15, 0.2) is 24.3 Å². The minimum Gasteiger partial charge on any atom is -0.394 e. The van der Waals surface area contributed by atoms with Crippen molar-refractivity contribution in [2.45, 2.75) is 32.4 Å². The maximum Gasteiger partial charge on any atom is 0.0652 e. The molecule has 3 heteroatoms. The summed E-state index contributed by atoms with van der Waals surface area (Å²) in [5.41, 5.74) is 0.574. The van der Waals surface area contributed by atoms with Gasteiger partial charge >= 0.3 is 0 Å². The Morgan fingerprint density at radius 3 is 2.60 bits per heavy atom. The van der Waals surface area contributed by atoms with E-state index >= 15 is 0 Å². The number of rotatable bonds is 4. The average molecular weight is 228 g/mol. The summed E-state index contributed by atoms with van der Waals surface area (Å²) in [5.74, 6) is 0. The van der Waals surface area contributed by atoms with Crippen LogP contribution in [0.1, 0.15) is 26.3 Å². The van der Waals surface area contributed by atoms with Crippen LogP contribution in [0.2, 0.25) is 5.02 Å². The lowest BCUT2D eigenvalue weighted by Gasteiger charge is -2.31. The molecule has 0 aromatic heterocycles. The van der Waals surface area contributed by atoms with Gasteiger partial charge in [-0.3, -0.25) is 0 Å². The van der Waals surface area contributed by atoms with Crippen molar-refractivity contribution < 1.29 is 5.11 Å². The first-order valence-corrected chi connectivity index (χ1v) is 5.50. The van der Waals surface area contributed by atoms with Crippen molar-refractivity contribution in [2.24, 2.45) is 0 Å². The Morgan fingerprint density at radius 2 is 2.13 bits per heavy atom. The number of nitrogens with one attached hydrogen (secondary N) is 1. The number of aliphatic hydroxyl groups is 1. The summed E-state index contributed by atoms with van der Waals surface area (Å²) in [6.45, 7) is 6.13. The molecule has 1 aromatic rings. The first-order chi connectivity index (χ1) is 6.98. The summed E-state index contributed by atoms with van der Waals surface area (Å²) in [7, 11) is 0. The highest BCUT2D eigenvalue weighted by atomic mass is 35.5. The maximum atomic E-state index is 9.47. The minimum atomic E-state index is -0.431. The quantitative estimate of drug-likeness (QED) is 0.829. The molecule has 0 saturated carbocycles. The highest BCUT2D eigenvalue weighted by Crippen LogP contribution is 2.23. The van der Waals surface area contributed by atoms with E-state index in [-0.39, 0.29) is 6.61 Å². The Hall–Kier alpha value is -0.570. The Morgan fingerprint density at radius 1 is 1.47 bits per heavy atom. The van der Waals surface area contributed by atoms with Gasteiger partial charge in [0.15, 0.2) is 0 Å². The van der Waals surface area contributed by atoms with E-state index < -0.39 is 5.54 Å². The van der Waals surface area contributed by atoms with Crippen molar-refractivity contribution in [3.8, 4) is 0 Å². The fourth-order valence-corrected chi connectivity index (χ4v) is 1.88. The van der Waals surface area contributed by atoms with Crippen molar-refractivity contribution in [3.05, 3.63) is 34.9 Å². The largest absolute Gasteiger partial charge is 0.394 e. The molecule has 1 rings (SSSR count). The highest BCUT2D eigenvalue weighted by Gasteiger charge is 2.26. The first-order valence-electron chi connectivity index (χ1n) is 5.12. The summed E-state index contributed by atoms with van der Waals surface area (Å²) < 4.78 is 0. The Balaban J connectivity index is 3.00. The van der Waals surface area contributed by atoms with Crippen LogP contribution in [-0.4, -0.2) is 17.8 Å². The number of hydrogen-bond donors (Lipinski definition) is 2. The first kappa shape index (κ1) is 12.5. The summed E-state index contributed by atoms with van der Waals surface area (Å²) in [6, 6.07) is 7.89.